The van der Waals surface area contributed by atoms with Crippen LogP contribution in [0.3, 0.4) is 0 Å². The molecule has 0 saturated carbocycles. The first-order chi connectivity index (χ1) is 15.1. The molecule has 0 fully saturated rings. The van der Waals surface area contributed by atoms with Crippen LogP contribution >= 0.6 is 0 Å². The number of aryl methyl sites for hydroxylation is 2. The summed E-state index contributed by atoms with van der Waals surface area (Å²) in [5.74, 6) is -1.76. The Morgan fingerprint density at radius 2 is 0.939 bits per heavy atom. The van der Waals surface area contributed by atoms with Crippen LogP contribution in [0, 0.1) is 0 Å². The molecule has 0 atom stereocenters. The van der Waals surface area contributed by atoms with Crippen LogP contribution in [0.5, 0.6) is 0 Å². The van der Waals surface area contributed by atoms with Crippen LogP contribution in [-0.2, 0) is 47.4 Å². The van der Waals surface area contributed by atoms with E-state index in [1.807, 2.05) is 0 Å². The van der Waals surface area contributed by atoms with Gasteiger partial charge >= 0.3 is 33.7 Å². The molecule has 0 heterocycles. The van der Waals surface area contributed by atoms with Crippen molar-refractivity contribution >= 4 is 11.9 Å². The Morgan fingerprint density at radius 3 is 1.24 bits per heavy atom. The van der Waals surface area contributed by atoms with Gasteiger partial charge in [-0.15, -0.1) is 0 Å². The van der Waals surface area contributed by atoms with Crippen molar-refractivity contribution in [3.63, 3.8) is 0 Å². The van der Waals surface area contributed by atoms with E-state index in [1.54, 1.807) is 82.9 Å². The number of benzene rings is 2. The molecule has 172 valence electrons. The fraction of sp³-hybridized carbons (Fsp3) is 0.296. The van der Waals surface area contributed by atoms with Crippen LogP contribution < -0.4 is 12.4 Å². The van der Waals surface area contributed by atoms with Gasteiger partial charge in [0.05, 0.1) is 11.1 Å². The Morgan fingerprint density at radius 1 is 0.606 bits per heavy atom. The van der Waals surface area contributed by atoms with Crippen molar-refractivity contribution in [2.75, 3.05) is 0 Å². The Balaban J connectivity index is 0.000000247. The summed E-state index contributed by atoms with van der Waals surface area (Å²) < 4.78 is 0. The van der Waals surface area contributed by atoms with Gasteiger partial charge in [0.25, 0.3) is 0 Å². The van der Waals surface area contributed by atoms with Crippen molar-refractivity contribution in [2.24, 2.45) is 0 Å². The van der Waals surface area contributed by atoms with E-state index in [2.05, 4.69) is 6.07 Å². The predicted octanol–water partition coefficient (Wildman–Crippen LogP) is 2.93. The third kappa shape index (κ3) is 8.55. The van der Waals surface area contributed by atoms with Gasteiger partial charge in [0.15, 0.2) is 0 Å². The van der Waals surface area contributed by atoms with Gasteiger partial charge < -0.3 is 22.6 Å². The van der Waals surface area contributed by atoms with E-state index in [0.29, 0.717) is 11.1 Å². The molecule has 0 unspecified atom stereocenters. The zero-order valence-electron chi connectivity index (χ0n) is 18.6. The fourth-order valence-electron chi connectivity index (χ4n) is 4.24. The molecule has 0 saturated heterocycles. The van der Waals surface area contributed by atoms with Crippen molar-refractivity contribution in [3.8, 4) is 0 Å². The number of hydrogen-bond donors (Lipinski definition) is 2. The summed E-state index contributed by atoms with van der Waals surface area (Å²) in [6.45, 7) is 0. The van der Waals surface area contributed by atoms with E-state index in [-0.39, 0.29) is 34.1 Å². The van der Waals surface area contributed by atoms with Gasteiger partial charge in [-0.1, -0.05) is 87.8 Å². The van der Waals surface area contributed by atoms with Gasteiger partial charge in [0.1, 0.15) is 0 Å². The van der Waals surface area contributed by atoms with Crippen LogP contribution in [-0.4, -0.2) is 22.2 Å². The molecule has 3 aromatic rings. The van der Waals surface area contributed by atoms with Crippen LogP contribution in [0.15, 0.2) is 66.7 Å². The van der Waals surface area contributed by atoms with Gasteiger partial charge in [-0.25, -0.2) is 9.59 Å². The topological polar surface area (TPSA) is 74.6 Å². The third-order valence-electron chi connectivity index (χ3n) is 5.78. The second kappa shape index (κ2) is 14.8. The first kappa shape index (κ1) is 28.8. The number of fused-ring (bicyclic) bond motifs is 3. The van der Waals surface area contributed by atoms with Gasteiger partial charge in [-0.2, -0.15) is 28.3 Å². The summed E-state index contributed by atoms with van der Waals surface area (Å²) in [5, 5.41) is 16.8. The number of rotatable bonds is 2. The number of hydrogen-bond acceptors (Lipinski definition) is 2. The predicted molar refractivity (Wildman–Crippen MR) is 122 cm³/mol. The molecule has 0 aromatic heterocycles. The molecule has 0 bridgehead atoms. The van der Waals surface area contributed by atoms with Crippen molar-refractivity contribution < 1.29 is 53.9 Å². The molecule has 4 nitrogen and oxygen atoms in total. The van der Waals surface area contributed by atoms with Gasteiger partial charge in [-0.3, -0.25) is 0 Å². The molecule has 0 spiro atoms. The minimum atomic E-state index is -0.879. The number of aromatic carboxylic acids is 2. The van der Waals surface area contributed by atoms with Crippen molar-refractivity contribution in [1.82, 2.24) is 0 Å². The molecule has 3 aromatic carbocycles. The molecule has 5 rings (SSSR count). The first-order valence-electron chi connectivity index (χ1n) is 10.9. The number of carboxylic acid groups (broad SMARTS) is 2. The van der Waals surface area contributed by atoms with Crippen LogP contribution in [0.1, 0.15) is 68.7 Å². The molecule has 33 heavy (non-hydrogen) atoms. The Kier molecular flexibility index (Phi) is 12.9. The van der Waals surface area contributed by atoms with Gasteiger partial charge in [0.2, 0.25) is 0 Å². The molecule has 2 aliphatic carbocycles. The maximum atomic E-state index is 10.2. The summed E-state index contributed by atoms with van der Waals surface area (Å²) in [5.41, 5.74) is 7.60. The monoisotopic (exact) mass is 500 g/mol. The van der Waals surface area contributed by atoms with E-state index in [0.717, 1.165) is 0 Å². The smallest absolute Gasteiger partial charge is 1.00 e. The van der Waals surface area contributed by atoms with Crippen molar-refractivity contribution in [3.05, 3.63) is 100 Å². The summed E-state index contributed by atoms with van der Waals surface area (Å²) >= 11 is 0. The quantitative estimate of drug-likeness (QED) is 0.419. The third-order valence-corrected chi connectivity index (χ3v) is 5.78. The fourth-order valence-corrected chi connectivity index (χ4v) is 4.24. The van der Waals surface area contributed by atoms with Crippen LogP contribution in [0.4, 0.5) is 0 Å². The largest absolute Gasteiger partial charge is 2.00 e. The summed E-state index contributed by atoms with van der Waals surface area (Å²) in [6.07, 6.45) is 11.2. The maximum absolute atomic E-state index is 10.2. The molecular weight excluding hydrogens is 472 g/mol. The molecule has 2 N–H and O–H groups in total. The van der Waals surface area contributed by atoms with E-state index < -0.39 is 11.9 Å². The van der Waals surface area contributed by atoms with E-state index in [1.165, 1.54) is 51.4 Å². The average Bonchev–Trinajstić information content (AvgIpc) is 3.20. The maximum Gasteiger partial charge on any atom is 2.00 e. The molecule has 0 radical (unpaired) electrons. The van der Waals surface area contributed by atoms with Crippen molar-refractivity contribution in [1.29, 1.82) is 0 Å². The summed E-state index contributed by atoms with van der Waals surface area (Å²) in [6, 6.07) is 19.1. The molecule has 2 aliphatic rings. The second-order valence-electron chi connectivity index (χ2n) is 7.91. The number of halogens is 1. The normalized spacial score (nSPS) is 13.1. The zero-order chi connectivity index (χ0) is 22.1. The molecule has 0 amide bonds. The standard InChI is InChI=1S/C13H17.2C7H6O2.ClH.Ti/c1-3-7-12-10(5-1)9-11-6-2-4-8-13(11)12;2*8-7(9)6-4-2-1-3-5-6;;/h9H,1-8H2;2*1-5H,(H,8,9);1H;/q-1;;;;+2/p-1. The van der Waals surface area contributed by atoms with Gasteiger partial charge in [0, 0.05) is 0 Å². The summed E-state index contributed by atoms with van der Waals surface area (Å²) in [7, 11) is 0. The second-order valence-corrected chi connectivity index (χ2v) is 7.91. The SMILES string of the molecule is O=C(O)c1ccccc1.O=C(O)c1ccccc1.[Cl-].[Ti+2].[cH-]1c2c(c3c1CCCC3)CCCC2. The number of carboxylic acids is 2. The minimum Gasteiger partial charge on any atom is -1.00 e. The van der Waals surface area contributed by atoms with Crippen LogP contribution in [0.25, 0.3) is 0 Å². The first-order valence-corrected chi connectivity index (χ1v) is 10.9. The van der Waals surface area contributed by atoms with E-state index >= 15 is 0 Å². The Labute approximate surface area is 216 Å². The minimum absolute atomic E-state index is 0. The van der Waals surface area contributed by atoms with E-state index in [9.17, 15) is 9.59 Å². The average molecular weight is 501 g/mol. The van der Waals surface area contributed by atoms with Crippen LogP contribution in [0.2, 0.25) is 0 Å². The van der Waals surface area contributed by atoms with E-state index in [4.69, 9.17) is 10.2 Å². The number of carbonyl (C=O) groups is 2. The Hall–Kier alpha value is -2.27. The summed E-state index contributed by atoms with van der Waals surface area (Å²) in [4.78, 5) is 20.4. The van der Waals surface area contributed by atoms with Crippen molar-refractivity contribution in [2.45, 2.75) is 51.4 Å². The Bertz CT molecular complexity index is 920. The van der Waals surface area contributed by atoms with Gasteiger partial charge in [-0.05, 0) is 24.3 Å². The zero-order valence-corrected chi connectivity index (χ0v) is 20.9. The molecule has 0 aliphatic heterocycles. The molecular formula is C27H29ClO4Ti. The molecule has 6 heteroatoms.